The van der Waals surface area contributed by atoms with Gasteiger partial charge in [-0.05, 0) is 92.7 Å². The summed E-state index contributed by atoms with van der Waals surface area (Å²) in [6.45, 7) is 11.1. The second kappa shape index (κ2) is 7.37. The van der Waals surface area contributed by atoms with Gasteiger partial charge in [0.05, 0.1) is 6.61 Å². The van der Waals surface area contributed by atoms with Crippen molar-refractivity contribution in [1.82, 2.24) is 0 Å². The van der Waals surface area contributed by atoms with Crippen molar-refractivity contribution in [2.75, 3.05) is 12.8 Å². The van der Waals surface area contributed by atoms with Crippen LogP contribution in [0.4, 0.5) is 0 Å². The van der Waals surface area contributed by atoms with E-state index in [1.165, 1.54) is 16.7 Å². The second-order valence-electron chi connectivity index (χ2n) is 7.28. The highest BCUT2D eigenvalue weighted by atomic mass is 31.0. The number of ether oxygens (including phenoxy) is 1. The van der Waals surface area contributed by atoms with E-state index < -0.39 is 0 Å². The maximum atomic E-state index is 12.7. The third-order valence-corrected chi connectivity index (χ3v) is 5.35. The van der Waals surface area contributed by atoms with Gasteiger partial charge in [0.1, 0.15) is 5.75 Å². The monoisotopic (exact) mass is 366 g/mol. The first-order valence-electron chi connectivity index (χ1n) is 9.16. The molecule has 3 aromatic carbocycles. The van der Waals surface area contributed by atoms with Gasteiger partial charge in [0, 0.05) is 11.1 Å². The Balaban J connectivity index is 2.00. The van der Waals surface area contributed by atoms with Gasteiger partial charge in [-0.15, -0.1) is 9.24 Å². The molecule has 1 atom stereocenters. The summed E-state index contributed by atoms with van der Waals surface area (Å²) in [5.74, 6) is 0.889. The van der Waals surface area contributed by atoms with Gasteiger partial charge in [-0.3, -0.25) is 4.79 Å². The number of rotatable bonds is 6. The lowest BCUT2D eigenvalue weighted by atomic mass is 9.95. The molecule has 26 heavy (non-hydrogen) atoms. The van der Waals surface area contributed by atoms with Gasteiger partial charge >= 0.3 is 0 Å². The normalized spacial score (nSPS) is 11.3. The topological polar surface area (TPSA) is 26.3 Å². The largest absolute Gasteiger partial charge is 0.494 e. The Labute approximate surface area is 158 Å². The van der Waals surface area contributed by atoms with E-state index in [2.05, 4.69) is 68.1 Å². The molecule has 0 saturated carbocycles. The van der Waals surface area contributed by atoms with Gasteiger partial charge in [-0.25, -0.2) is 0 Å². The zero-order valence-corrected chi connectivity index (χ0v) is 17.5. The van der Waals surface area contributed by atoms with E-state index in [9.17, 15) is 4.79 Å². The van der Waals surface area contributed by atoms with Crippen LogP contribution >= 0.6 is 9.24 Å². The lowest BCUT2D eigenvalue weighted by Gasteiger charge is -2.12. The van der Waals surface area contributed by atoms with Crippen LogP contribution in [0.15, 0.2) is 29.1 Å². The Morgan fingerprint density at radius 3 is 1.69 bits per heavy atom. The van der Waals surface area contributed by atoms with E-state index in [1.807, 2.05) is 0 Å². The Morgan fingerprint density at radius 1 is 0.769 bits per heavy atom. The zero-order chi connectivity index (χ0) is 19.0. The molecule has 0 fully saturated rings. The molecular weight excluding hydrogens is 339 g/mol. The fourth-order valence-corrected chi connectivity index (χ4v) is 4.06. The molecule has 1 unspecified atom stereocenters. The highest BCUT2D eigenvalue weighted by Crippen LogP contribution is 2.42. The van der Waals surface area contributed by atoms with E-state index in [-0.39, 0.29) is 5.43 Å². The Hall–Kier alpha value is -1.92. The number of aryl methyl sites for hydroxylation is 5. The number of hydrogen-bond donors (Lipinski definition) is 0. The summed E-state index contributed by atoms with van der Waals surface area (Å²) in [5, 5.41) is 0. The van der Waals surface area contributed by atoms with Crippen molar-refractivity contribution in [3.05, 3.63) is 62.3 Å². The molecule has 0 heterocycles. The molecule has 0 saturated heterocycles. The Bertz CT molecular complexity index is 928. The average molecular weight is 366 g/mol. The highest BCUT2D eigenvalue weighted by Gasteiger charge is 2.30. The molecule has 0 aromatic heterocycles. The molecule has 3 aromatic rings. The molecule has 0 bridgehead atoms. The lowest BCUT2D eigenvalue weighted by molar-refractivity contribution is 0.318. The molecule has 0 radical (unpaired) electrons. The van der Waals surface area contributed by atoms with Crippen molar-refractivity contribution in [2.24, 2.45) is 0 Å². The number of hydrogen-bond acceptors (Lipinski definition) is 2. The van der Waals surface area contributed by atoms with Crippen molar-refractivity contribution in [3.8, 4) is 28.0 Å². The maximum absolute atomic E-state index is 12.7. The first kappa shape index (κ1) is 18.9. The van der Waals surface area contributed by atoms with Gasteiger partial charge in [0.2, 0.25) is 0 Å². The molecule has 0 N–H and O–H groups in total. The van der Waals surface area contributed by atoms with Crippen molar-refractivity contribution < 1.29 is 4.74 Å². The van der Waals surface area contributed by atoms with Crippen LogP contribution in [0.25, 0.3) is 22.3 Å². The molecule has 2 nitrogen and oxygen atoms in total. The Kier molecular flexibility index (Phi) is 5.34. The highest BCUT2D eigenvalue weighted by molar-refractivity contribution is 7.16. The minimum absolute atomic E-state index is 0.183. The van der Waals surface area contributed by atoms with Crippen molar-refractivity contribution in [3.63, 3.8) is 0 Å². The molecule has 3 heteroatoms. The maximum Gasteiger partial charge on any atom is 0.195 e. The van der Waals surface area contributed by atoms with E-state index in [0.717, 1.165) is 58.3 Å². The SMILES string of the molecule is Cc1cc(C)c(-c2c(-c3c(C)cc(OCCCP)cc3C)c2=O)c(C)c1. The van der Waals surface area contributed by atoms with Crippen LogP contribution in [0.5, 0.6) is 5.75 Å². The van der Waals surface area contributed by atoms with E-state index in [0.29, 0.717) is 0 Å². The van der Waals surface area contributed by atoms with Crippen LogP contribution in [0.3, 0.4) is 0 Å². The smallest absolute Gasteiger partial charge is 0.195 e. The second-order valence-corrected chi connectivity index (χ2v) is 7.85. The summed E-state index contributed by atoms with van der Waals surface area (Å²) in [6.07, 6.45) is 2.06. The fraction of sp³-hybridized carbons (Fsp3) is 0.348. The van der Waals surface area contributed by atoms with Crippen LogP contribution in [-0.2, 0) is 0 Å². The minimum Gasteiger partial charge on any atom is -0.494 e. The lowest BCUT2D eigenvalue weighted by Crippen LogP contribution is -1.99. The summed E-state index contributed by atoms with van der Waals surface area (Å²) < 4.78 is 5.84. The zero-order valence-electron chi connectivity index (χ0n) is 16.3. The van der Waals surface area contributed by atoms with Crippen LogP contribution < -0.4 is 10.2 Å². The molecule has 0 spiro atoms. The van der Waals surface area contributed by atoms with Crippen molar-refractivity contribution in [1.29, 1.82) is 0 Å². The van der Waals surface area contributed by atoms with Crippen molar-refractivity contribution in [2.45, 2.75) is 41.0 Å². The van der Waals surface area contributed by atoms with E-state index in [1.54, 1.807) is 0 Å². The molecule has 0 aliphatic rings. The predicted molar refractivity (Wildman–Crippen MR) is 114 cm³/mol. The van der Waals surface area contributed by atoms with Crippen LogP contribution in [-0.4, -0.2) is 12.8 Å². The van der Waals surface area contributed by atoms with Gasteiger partial charge in [-0.1, -0.05) is 17.7 Å². The molecule has 136 valence electrons. The first-order valence-corrected chi connectivity index (χ1v) is 9.98. The molecule has 0 aliphatic heterocycles. The minimum atomic E-state index is 0.183. The third kappa shape index (κ3) is 3.48. The van der Waals surface area contributed by atoms with Gasteiger partial charge < -0.3 is 4.74 Å². The standard InChI is InChI=1S/C23H27O2P/c1-13-9-14(2)19(15(3)10-13)21-22(23(21)24)20-16(4)11-18(12-17(20)5)25-7-6-8-26/h9-12H,6-8,26H2,1-5H3. The Morgan fingerprint density at radius 2 is 1.23 bits per heavy atom. The summed E-state index contributed by atoms with van der Waals surface area (Å²) in [7, 11) is 2.72. The van der Waals surface area contributed by atoms with Gasteiger partial charge in [-0.2, -0.15) is 0 Å². The van der Waals surface area contributed by atoms with Crippen molar-refractivity contribution >= 4 is 9.24 Å². The van der Waals surface area contributed by atoms with Crippen LogP contribution in [0.1, 0.15) is 34.2 Å². The summed E-state index contributed by atoms with van der Waals surface area (Å²) in [5.41, 5.74) is 9.93. The van der Waals surface area contributed by atoms with Gasteiger partial charge in [0.15, 0.2) is 5.43 Å². The molecule has 0 amide bonds. The van der Waals surface area contributed by atoms with Gasteiger partial charge in [0.25, 0.3) is 0 Å². The van der Waals surface area contributed by atoms with E-state index in [4.69, 9.17) is 4.74 Å². The fourth-order valence-electron chi connectivity index (χ4n) is 3.90. The molecule has 3 rings (SSSR count). The van der Waals surface area contributed by atoms with Crippen LogP contribution in [0.2, 0.25) is 0 Å². The van der Waals surface area contributed by atoms with E-state index >= 15 is 0 Å². The molecule has 0 aliphatic carbocycles. The number of benzene rings is 2. The summed E-state index contributed by atoms with van der Waals surface area (Å²) >= 11 is 0. The third-order valence-electron chi connectivity index (χ3n) is 4.94. The quantitative estimate of drug-likeness (QED) is 0.429. The predicted octanol–water partition coefficient (Wildman–Crippen LogP) is 5.44. The summed E-state index contributed by atoms with van der Waals surface area (Å²) in [4.78, 5) is 12.7. The average Bonchev–Trinajstić information content (AvgIpc) is 3.16. The van der Waals surface area contributed by atoms with Crippen LogP contribution in [0, 0.1) is 34.6 Å². The summed E-state index contributed by atoms with van der Waals surface area (Å²) in [6, 6.07) is 8.41. The first-order chi connectivity index (χ1) is 12.3. The molecular formula is C23H27O2P.